The van der Waals surface area contributed by atoms with E-state index in [4.69, 9.17) is 0 Å². The number of likely N-dealkylation sites (tertiary alicyclic amines) is 1. The van der Waals surface area contributed by atoms with Crippen molar-refractivity contribution in [1.82, 2.24) is 15.5 Å². The molecule has 150 valence electrons. The van der Waals surface area contributed by atoms with Crippen molar-refractivity contribution in [1.29, 1.82) is 0 Å². The zero-order valence-corrected chi connectivity index (χ0v) is 15.8. The molecule has 0 unspecified atom stereocenters. The number of hydrogen-bond acceptors (Lipinski definition) is 2. The van der Waals surface area contributed by atoms with Crippen LogP contribution in [0.3, 0.4) is 0 Å². The normalized spacial score (nSPS) is 15.0. The third-order valence-electron chi connectivity index (χ3n) is 4.99. The summed E-state index contributed by atoms with van der Waals surface area (Å²) in [6.45, 7) is 4.37. The highest BCUT2D eigenvalue weighted by atomic mass is 19.3. The van der Waals surface area contributed by atoms with Crippen LogP contribution in [0.1, 0.15) is 61.4 Å². The molecule has 0 spiro atoms. The highest BCUT2D eigenvalue weighted by Crippen LogP contribution is 2.27. The standard InChI is InChI=1S/C20H29F2N3O2/c1-2-23-20(27)24-12-6-5-7-15-10-13-25(14-11-15)19(26)17-9-4-3-8-16(17)18(21)22/h3-4,8-9,15,18H,2,5-7,10-14H2,1H3,(H2,23,24,27). The van der Waals surface area contributed by atoms with Crippen molar-refractivity contribution in [2.75, 3.05) is 26.2 Å². The summed E-state index contributed by atoms with van der Waals surface area (Å²) < 4.78 is 26.2. The molecule has 7 heteroatoms. The van der Waals surface area contributed by atoms with Crippen LogP contribution < -0.4 is 10.6 Å². The zero-order valence-electron chi connectivity index (χ0n) is 15.8. The Morgan fingerprint density at radius 1 is 1.15 bits per heavy atom. The molecule has 0 aromatic heterocycles. The van der Waals surface area contributed by atoms with E-state index in [1.54, 1.807) is 11.0 Å². The number of carbonyl (C=O) groups is 2. The van der Waals surface area contributed by atoms with Crippen molar-refractivity contribution in [3.05, 3.63) is 35.4 Å². The molecule has 0 atom stereocenters. The SMILES string of the molecule is CCNC(=O)NCCCCC1CCN(C(=O)c2ccccc2C(F)F)CC1. The molecule has 1 aromatic rings. The van der Waals surface area contributed by atoms with Crippen LogP contribution >= 0.6 is 0 Å². The van der Waals surface area contributed by atoms with E-state index < -0.39 is 6.43 Å². The number of benzene rings is 1. The molecule has 1 heterocycles. The minimum Gasteiger partial charge on any atom is -0.339 e. The van der Waals surface area contributed by atoms with Gasteiger partial charge in [-0.05, 0) is 38.2 Å². The molecule has 2 N–H and O–H groups in total. The Labute approximate surface area is 159 Å². The molecule has 1 aromatic carbocycles. The first-order chi connectivity index (χ1) is 13.0. The lowest BCUT2D eigenvalue weighted by atomic mass is 9.91. The first-order valence-electron chi connectivity index (χ1n) is 9.71. The second kappa shape index (κ2) is 10.8. The van der Waals surface area contributed by atoms with Crippen molar-refractivity contribution in [2.45, 2.75) is 45.5 Å². The van der Waals surface area contributed by atoms with Crippen LogP contribution in [0.4, 0.5) is 13.6 Å². The molecule has 27 heavy (non-hydrogen) atoms. The molecule has 1 aliphatic rings. The minimum atomic E-state index is -2.64. The smallest absolute Gasteiger partial charge is 0.314 e. The topological polar surface area (TPSA) is 61.4 Å². The maximum absolute atomic E-state index is 13.1. The van der Waals surface area contributed by atoms with E-state index in [2.05, 4.69) is 10.6 Å². The highest BCUT2D eigenvalue weighted by molar-refractivity contribution is 5.95. The summed E-state index contributed by atoms with van der Waals surface area (Å²) in [6.07, 6.45) is 2.17. The molecular formula is C20H29F2N3O2. The molecule has 0 aliphatic carbocycles. The minimum absolute atomic E-state index is 0.113. The molecule has 0 radical (unpaired) electrons. The molecule has 0 bridgehead atoms. The van der Waals surface area contributed by atoms with E-state index in [9.17, 15) is 18.4 Å². The number of unbranched alkanes of at least 4 members (excludes halogenated alkanes) is 1. The van der Waals surface area contributed by atoms with Crippen molar-refractivity contribution in [3.8, 4) is 0 Å². The maximum atomic E-state index is 13.1. The largest absolute Gasteiger partial charge is 0.339 e. The predicted octanol–water partition coefficient (Wildman–Crippen LogP) is 3.97. The van der Waals surface area contributed by atoms with Gasteiger partial charge in [-0.2, -0.15) is 0 Å². The number of urea groups is 1. The number of carbonyl (C=O) groups excluding carboxylic acids is 2. The van der Waals surface area contributed by atoms with Gasteiger partial charge in [-0.15, -0.1) is 0 Å². The van der Waals surface area contributed by atoms with Gasteiger partial charge in [0.05, 0.1) is 0 Å². The average Bonchev–Trinajstić information content (AvgIpc) is 2.68. The third-order valence-corrected chi connectivity index (χ3v) is 4.99. The predicted molar refractivity (Wildman–Crippen MR) is 101 cm³/mol. The van der Waals surface area contributed by atoms with Crippen molar-refractivity contribution in [2.24, 2.45) is 5.92 Å². The lowest BCUT2D eigenvalue weighted by molar-refractivity contribution is 0.0674. The van der Waals surface area contributed by atoms with E-state index in [1.165, 1.54) is 18.2 Å². The zero-order chi connectivity index (χ0) is 19.6. The number of alkyl halides is 2. The average molecular weight is 381 g/mol. The van der Waals surface area contributed by atoms with Crippen LogP contribution in [0.2, 0.25) is 0 Å². The molecule has 1 aliphatic heterocycles. The number of nitrogens with zero attached hydrogens (tertiary/aromatic N) is 1. The van der Waals surface area contributed by atoms with Gasteiger partial charge in [0.2, 0.25) is 0 Å². The van der Waals surface area contributed by atoms with Gasteiger partial charge in [0.15, 0.2) is 0 Å². The molecule has 0 saturated carbocycles. The molecule has 1 fully saturated rings. The maximum Gasteiger partial charge on any atom is 0.314 e. The van der Waals surface area contributed by atoms with Crippen LogP contribution in [-0.2, 0) is 0 Å². The summed E-state index contributed by atoms with van der Waals surface area (Å²) >= 11 is 0. The van der Waals surface area contributed by atoms with Crippen molar-refractivity contribution < 1.29 is 18.4 Å². The van der Waals surface area contributed by atoms with Gasteiger partial charge >= 0.3 is 6.03 Å². The number of hydrogen-bond donors (Lipinski definition) is 2. The lowest BCUT2D eigenvalue weighted by Crippen LogP contribution is -2.39. The van der Waals surface area contributed by atoms with Crippen molar-refractivity contribution >= 4 is 11.9 Å². The Kier molecular flexibility index (Phi) is 8.48. The molecular weight excluding hydrogens is 352 g/mol. The van der Waals surface area contributed by atoms with Crippen molar-refractivity contribution in [3.63, 3.8) is 0 Å². The monoisotopic (exact) mass is 381 g/mol. The number of piperidine rings is 1. The number of halogens is 2. The van der Waals surface area contributed by atoms with Gasteiger partial charge in [-0.25, -0.2) is 13.6 Å². The molecule has 2 rings (SSSR count). The van der Waals surface area contributed by atoms with Crippen LogP contribution in [0.25, 0.3) is 0 Å². The van der Waals surface area contributed by atoms with E-state index in [1.807, 2.05) is 6.92 Å². The van der Waals surface area contributed by atoms with Gasteiger partial charge < -0.3 is 15.5 Å². The third kappa shape index (κ3) is 6.48. The van der Waals surface area contributed by atoms with Gasteiger partial charge in [-0.1, -0.05) is 31.0 Å². The van der Waals surface area contributed by atoms with Gasteiger partial charge in [0.25, 0.3) is 12.3 Å². The number of rotatable bonds is 8. The number of amides is 3. The van der Waals surface area contributed by atoms with Gasteiger partial charge in [0.1, 0.15) is 0 Å². The van der Waals surface area contributed by atoms with Crippen LogP contribution in [0, 0.1) is 5.92 Å². The van der Waals surface area contributed by atoms with Crippen LogP contribution in [0.15, 0.2) is 24.3 Å². The Hall–Kier alpha value is -2.18. The second-order valence-corrected chi connectivity index (χ2v) is 6.91. The summed E-state index contributed by atoms with van der Waals surface area (Å²) in [5, 5.41) is 5.50. The molecule has 5 nitrogen and oxygen atoms in total. The summed E-state index contributed by atoms with van der Waals surface area (Å²) in [4.78, 5) is 25.6. The summed E-state index contributed by atoms with van der Waals surface area (Å²) in [5.74, 6) is 0.249. The van der Waals surface area contributed by atoms with Gasteiger partial charge in [0, 0.05) is 37.3 Å². The Bertz CT molecular complexity index is 617. The Morgan fingerprint density at radius 2 is 1.85 bits per heavy atom. The fourth-order valence-electron chi connectivity index (χ4n) is 3.46. The van der Waals surface area contributed by atoms with E-state index in [0.717, 1.165) is 32.1 Å². The first kappa shape index (κ1) is 21.1. The quantitative estimate of drug-likeness (QED) is 0.670. The highest BCUT2D eigenvalue weighted by Gasteiger charge is 2.26. The summed E-state index contributed by atoms with van der Waals surface area (Å²) in [5.41, 5.74) is -0.0772. The lowest BCUT2D eigenvalue weighted by Gasteiger charge is -2.32. The first-order valence-corrected chi connectivity index (χ1v) is 9.71. The summed E-state index contributed by atoms with van der Waals surface area (Å²) in [6, 6.07) is 5.83. The summed E-state index contributed by atoms with van der Waals surface area (Å²) in [7, 11) is 0. The molecule has 1 saturated heterocycles. The van der Waals surface area contributed by atoms with Crippen LogP contribution in [-0.4, -0.2) is 43.0 Å². The fraction of sp³-hybridized carbons (Fsp3) is 0.600. The Balaban J connectivity index is 1.71. The van der Waals surface area contributed by atoms with E-state index >= 15 is 0 Å². The fourth-order valence-corrected chi connectivity index (χ4v) is 3.46. The molecule has 3 amide bonds. The number of nitrogens with one attached hydrogen (secondary N) is 2. The van der Waals surface area contributed by atoms with Crippen LogP contribution in [0.5, 0.6) is 0 Å². The Morgan fingerprint density at radius 3 is 2.52 bits per heavy atom. The van der Waals surface area contributed by atoms with E-state index in [-0.39, 0.29) is 23.1 Å². The van der Waals surface area contributed by atoms with Gasteiger partial charge in [-0.3, -0.25) is 4.79 Å². The van der Waals surface area contributed by atoms with E-state index in [0.29, 0.717) is 32.1 Å². The second-order valence-electron chi connectivity index (χ2n) is 6.91.